The van der Waals surface area contributed by atoms with E-state index in [-0.39, 0.29) is 0 Å². The molecule has 0 saturated carbocycles. The van der Waals surface area contributed by atoms with Gasteiger partial charge in [-0.25, -0.2) is 0 Å². The molecule has 1 aromatic carbocycles. The van der Waals surface area contributed by atoms with Gasteiger partial charge in [0.05, 0.1) is 11.6 Å². The molecule has 0 radical (unpaired) electrons. The van der Waals surface area contributed by atoms with Crippen molar-refractivity contribution in [2.45, 2.75) is 19.4 Å². The second kappa shape index (κ2) is 6.03. The monoisotopic (exact) mass is 247 g/mol. The highest BCUT2D eigenvalue weighted by atomic mass is 32.2. The first kappa shape index (κ1) is 12.4. The van der Waals surface area contributed by atoms with Crippen molar-refractivity contribution >= 4 is 22.7 Å². The van der Waals surface area contributed by atoms with E-state index in [0.29, 0.717) is 0 Å². The van der Waals surface area contributed by atoms with Crippen LogP contribution in [0.3, 0.4) is 0 Å². The zero-order valence-corrected chi connectivity index (χ0v) is 10.8. The number of hydrogen-bond donors (Lipinski definition) is 1. The molecule has 0 bridgehead atoms. The number of aromatic nitrogens is 1. The lowest BCUT2D eigenvalue weighted by molar-refractivity contribution is 0.175. The zero-order chi connectivity index (χ0) is 12.1. The van der Waals surface area contributed by atoms with Crippen LogP contribution in [0.2, 0.25) is 0 Å². The van der Waals surface area contributed by atoms with Gasteiger partial charge in [0, 0.05) is 11.6 Å². The number of para-hydroxylation sites is 1. The summed E-state index contributed by atoms with van der Waals surface area (Å²) in [5.74, 6) is 2.09. The number of nitrogens with zero attached hydrogens (tertiary/aromatic N) is 1. The molecule has 0 amide bonds. The number of fused-ring (bicyclic) bond motifs is 1. The van der Waals surface area contributed by atoms with E-state index >= 15 is 0 Å². The Labute approximate surface area is 106 Å². The van der Waals surface area contributed by atoms with Gasteiger partial charge in [-0.15, -0.1) is 0 Å². The summed E-state index contributed by atoms with van der Waals surface area (Å²) >= 11 is 1.85. The van der Waals surface area contributed by atoms with E-state index in [1.54, 1.807) is 6.20 Å². The fourth-order valence-corrected chi connectivity index (χ4v) is 2.45. The third kappa shape index (κ3) is 3.20. The molecule has 1 unspecified atom stereocenters. The van der Waals surface area contributed by atoms with Crippen molar-refractivity contribution in [1.29, 1.82) is 0 Å². The molecule has 17 heavy (non-hydrogen) atoms. The predicted octanol–water partition coefficient (Wildman–Crippen LogP) is 3.41. The summed E-state index contributed by atoms with van der Waals surface area (Å²) < 4.78 is 0. The Morgan fingerprint density at radius 1 is 1.35 bits per heavy atom. The molecule has 0 aliphatic rings. The van der Waals surface area contributed by atoms with Crippen molar-refractivity contribution in [3.63, 3.8) is 0 Å². The predicted molar refractivity (Wildman–Crippen MR) is 74.3 cm³/mol. The maximum atomic E-state index is 10.1. The molecule has 1 N–H and O–H groups in total. The minimum atomic E-state index is -0.397. The fourth-order valence-electron chi connectivity index (χ4n) is 1.78. The van der Waals surface area contributed by atoms with E-state index in [2.05, 4.69) is 11.9 Å². The van der Waals surface area contributed by atoms with E-state index in [1.165, 1.54) is 0 Å². The number of hydrogen-bond acceptors (Lipinski definition) is 3. The van der Waals surface area contributed by atoms with Crippen molar-refractivity contribution in [3.05, 3.63) is 42.1 Å². The van der Waals surface area contributed by atoms with Crippen LogP contribution in [-0.2, 0) is 0 Å². The van der Waals surface area contributed by atoms with Gasteiger partial charge in [-0.3, -0.25) is 4.98 Å². The first-order valence-corrected chi connectivity index (χ1v) is 7.07. The molecule has 2 nitrogen and oxygen atoms in total. The van der Waals surface area contributed by atoms with Gasteiger partial charge in [-0.05, 0) is 35.6 Å². The lowest BCUT2D eigenvalue weighted by atomic mass is 10.1. The summed E-state index contributed by atoms with van der Waals surface area (Å²) in [6.07, 6.45) is 2.17. The molecule has 3 heteroatoms. The number of aliphatic hydroxyl groups is 1. The number of thioether (sulfide) groups is 1. The molecule has 90 valence electrons. The van der Waals surface area contributed by atoms with Crippen LogP contribution < -0.4 is 0 Å². The molecule has 1 atom stereocenters. The quantitative estimate of drug-likeness (QED) is 0.822. The molecule has 0 aliphatic heterocycles. The van der Waals surface area contributed by atoms with Crippen molar-refractivity contribution in [2.24, 2.45) is 0 Å². The molecule has 2 aromatic rings. The van der Waals surface area contributed by atoms with E-state index in [4.69, 9.17) is 0 Å². The molecule has 0 aliphatic carbocycles. The smallest absolute Gasteiger partial charge is 0.0813 e. The molecular formula is C14H17NOS. The van der Waals surface area contributed by atoms with Gasteiger partial charge in [0.25, 0.3) is 0 Å². The van der Waals surface area contributed by atoms with Gasteiger partial charge in [0.2, 0.25) is 0 Å². The fraction of sp³-hybridized carbons (Fsp3) is 0.357. The highest BCUT2D eigenvalue weighted by molar-refractivity contribution is 7.99. The number of pyridine rings is 1. The summed E-state index contributed by atoms with van der Waals surface area (Å²) in [6, 6.07) is 10.0. The highest BCUT2D eigenvalue weighted by Gasteiger charge is 2.08. The van der Waals surface area contributed by atoms with Crippen molar-refractivity contribution in [3.8, 4) is 0 Å². The van der Waals surface area contributed by atoms with E-state index in [1.807, 2.05) is 42.1 Å². The van der Waals surface area contributed by atoms with E-state index in [0.717, 1.165) is 34.4 Å². The average Bonchev–Trinajstić information content (AvgIpc) is 2.38. The lowest BCUT2D eigenvalue weighted by Crippen LogP contribution is -2.00. The molecule has 0 spiro atoms. The van der Waals surface area contributed by atoms with Crippen LogP contribution in [0, 0.1) is 0 Å². The maximum Gasteiger partial charge on any atom is 0.0813 e. The maximum absolute atomic E-state index is 10.1. The Kier molecular flexibility index (Phi) is 4.40. The number of rotatable bonds is 5. The normalized spacial score (nSPS) is 12.8. The second-order valence-electron chi connectivity index (χ2n) is 3.96. The van der Waals surface area contributed by atoms with Crippen LogP contribution in [0.4, 0.5) is 0 Å². The summed E-state index contributed by atoms with van der Waals surface area (Å²) in [6.45, 7) is 2.13. The second-order valence-corrected chi connectivity index (χ2v) is 5.36. The largest absolute Gasteiger partial charge is 0.388 e. The van der Waals surface area contributed by atoms with Gasteiger partial charge in [0.15, 0.2) is 0 Å². The van der Waals surface area contributed by atoms with Gasteiger partial charge >= 0.3 is 0 Å². The standard InChI is InChI=1S/C14H17NOS/c1-2-17-8-7-14(16)12-9-11-5-3-4-6-13(11)15-10-12/h3-6,9-10,14,16H,2,7-8H2,1H3. The van der Waals surface area contributed by atoms with Gasteiger partial charge in [-0.2, -0.15) is 11.8 Å². The number of benzene rings is 1. The molecule has 0 saturated heterocycles. The van der Waals surface area contributed by atoms with Crippen LogP contribution >= 0.6 is 11.8 Å². The lowest BCUT2D eigenvalue weighted by Gasteiger charge is -2.10. The topological polar surface area (TPSA) is 33.1 Å². The summed E-state index contributed by atoms with van der Waals surface area (Å²) in [4.78, 5) is 4.36. The van der Waals surface area contributed by atoms with Crippen molar-refractivity contribution < 1.29 is 5.11 Å². The summed E-state index contributed by atoms with van der Waals surface area (Å²) in [7, 11) is 0. The van der Waals surface area contributed by atoms with E-state index in [9.17, 15) is 5.11 Å². The Morgan fingerprint density at radius 2 is 2.18 bits per heavy atom. The van der Waals surface area contributed by atoms with E-state index < -0.39 is 6.10 Å². The highest BCUT2D eigenvalue weighted by Crippen LogP contribution is 2.21. The molecule has 2 rings (SSSR count). The third-order valence-corrected chi connectivity index (χ3v) is 3.67. The third-order valence-electron chi connectivity index (χ3n) is 2.74. The summed E-state index contributed by atoms with van der Waals surface area (Å²) in [5, 5.41) is 11.1. The average molecular weight is 247 g/mol. The first-order valence-electron chi connectivity index (χ1n) is 5.91. The molecule has 1 heterocycles. The van der Waals surface area contributed by atoms with Gasteiger partial charge < -0.3 is 5.11 Å². The van der Waals surface area contributed by atoms with Crippen LogP contribution in [-0.4, -0.2) is 21.6 Å². The Morgan fingerprint density at radius 3 is 3.00 bits per heavy atom. The minimum Gasteiger partial charge on any atom is -0.388 e. The molecule has 1 aromatic heterocycles. The van der Waals surface area contributed by atoms with Crippen molar-refractivity contribution in [2.75, 3.05) is 11.5 Å². The van der Waals surface area contributed by atoms with Crippen molar-refractivity contribution in [1.82, 2.24) is 4.98 Å². The van der Waals surface area contributed by atoms with Crippen LogP contribution in [0.25, 0.3) is 10.9 Å². The first-order chi connectivity index (χ1) is 8.31. The SMILES string of the molecule is CCSCCC(O)c1cnc2ccccc2c1. The summed E-state index contributed by atoms with van der Waals surface area (Å²) in [5.41, 5.74) is 1.90. The minimum absolute atomic E-state index is 0.397. The molecule has 0 fully saturated rings. The Balaban J connectivity index is 2.12. The number of aliphatic hydroxyl groups excluding tert-OH is 1. The molecular weight excluding hydrogens is 230 g/mol. The van der Waals surface area contributed by atoms with Gasteiger partial charge in [-0.1, -0.05) is 25.1 Å². The van der Waals surface area contributed by atoms with Crippen LogP contribution in [0.5, 0.6) is 0 Å². The Hall–Kier alpha value is -1.06. The Bertz CT molecular complexity index is 486. The van der Waals surface area contributed by atoms with Gasteiger partial charge in [0.1, 0.15) is 0 Å². The van der Waals surface area contributed by atoms with Crippen LogP contribution in [0.15, 0.2) is 36.5 Å². The van der Waals surface area contributed by atoms with Crippen LogP contribution in [0.1, 0.15) is 25.0 Å². The zero-order valence-electron chi connectivity index (χ0n) is 9.97.